The van der Waals surface area contributed by atoms with E-state index in [1.54, 1.807) is 25.1 Å². The molecule has 1 aromatic heterocycles. The Morgan fingerprint density at radius 2 is 2.11 bits per heavy atom. The van der Waals surface area contributed by atoms with Crippen molar-refractivity contribution in [1.82, 2.24) is 15.2 Å². The molecule has 27 heavy (non-hydrogen) atoms. The van der Waals surface area contributed by atoms with Crippen molar-refractivity contribution in [3.63, 3.8) is 0 Å². The molecular formula is C18H16BrClN4O2S. The molecule has 0 saturated heterocycles. The summed E-state index contributed by atoms with van der Waals surface area (Å²) in [6.45, 7) is 1.79. The first kappa shape index (κ1) is 19.7. The van der Waals surface area contributed by atoms with E-state index in [1.165, 1.54) is 18.9 Å². The Bertz CT molecular complexity index is 966. The van der Waals surface area contributed by atoms with Gasteiger partial charge in [0.2, 0.25) is 11.1 Å². The minimum Gasteiger partial charge on any atom is -0.495 e. The van der Waals surface area contributed by atoms with Gasteiger partial charge in [-0.05, 0) is 31.2 Å². The van der Waals surface area contributed by atoms with Crippen LogP contribution < -0.4 is 10.1 Å². The number of hydrogen-bond donors (Lipinski definition) is 2. The summed E-state index contributed by atoms with van der Waals surface area (Å²) in [5.74, 6) is 1.02. The van der Waals surface area contributed by atoms with Crippen LogP contribution in [0.15, 0.2) is 52.1 Å². The van der Waals surface area contributed by atoms with E-state index in [-0.39, 0.29) is 5.91 Å². The molecule has 3 rings (SSSR count). The van der Waals surface area contributed by atoms with Crippen LogP contribution in [0.3, 0.4) is 0 Å². The number of amides is 1. The SMILES string of the molecule is COc1ccc(NC(=O)C(C)Sc2n[nH]c(-c3ccccc3Br)n2)cc1Cl. The minimum absolute atomic E-state index is 0.173. The van der Waals surface area contributed by atoms with Gasteiger partial charge >= 0.3 is 0 Å². The van der Waals surface area contributed by atoms with Gasteiger partial charge in [-0.2, -0.15) is 0 Å². The number of aromatic amines is 1. The van der Waals surface area contributed by atoms with Crippen LogP contribution in [-0.2, 0) is 4.79 Å². The van der Waals surface area contributed by atoms with Gasteiger partial charge in [0.15, 0.2) is 5.82 Å². The number of ether oxygens (including phenoxy) is 1. The highest BCUT2D eigenvalue weighted by Gasteiger charge is 2.18. The number of nitrogens with zero attached hydrogens (tertiary/aromatic N) is 2. The first-order valence-electron chi connectivity index (χ1n) is 7.96. The Kier molecular flexibility index (Phi) is 6.41. The van der Waals surface area contributed by atoms with Crippen molar-refractivity contribution in [2.45, 2.75) is 17.3 Å². The zero-order valence-electron chi connectivity index (χ0n) is 14.5. The van der Waals surface area contributed by atoms with Gasteiger partial charge in [0, 0.05) is 15.7 Å². The zero-order valence-corrected chi connectivity index (χ0v) is 17.7. The second kappa shape index (κ2) is 8.77. The number of hydrogen-bond acceptors (Lipinski definition) is 5. The van der Waals surface area contributed by atoms with Gasteiger partial charge in [-0.25, -0.2) is 4.98 Å². The molecular weight excluding hydrogens is 452 g/mol. The lowest BCUT2D eigenvalue weighted by Gasteiger charge is -2.11. The molecule has 2 N–H and O–H groups in total. The molecule has 0 aliphatic rings. The Hall–Kier alpha value is -2.03. The molecule has 0 spiro atoms. The molecule has 1 atom stereocenters. The Balaban J connectivity index is 1.65. The van der Waals surface area contributed by atoms with Gasteiger partial charge in [-0.3, -0.25) is 9.89 Å². The molecule has 1 unspecified atom stereocenters. The highest BCUT2D eigenvalue weighted by atomic mass is 79.9. The Morgan fingerprint density at radius 3 is 2.81 bits per heavy atom. The number of aromatic nitrogens is 3. The summed E-state index contributed by atoms with van der Waals surface area (Å²) >= 11 is 10.8. The summed E-state index contributed by atoms with van der Waals surface area (Å²) in [7, 11) is 1.54. The number of carbonyl (C=O) groups is 1. The third-order valence-corrected chi connectivity index (χ3v) is 5.61. The maximum absolute atomic E-state index is 12.4. The van der Waals surface area contributed by atoms with Crippen LogP contribution in [0.4, 0.5) is 5.69 Å². The van der Waals surface area contributed by atoms with E-state index in [1.807, 2.05) is 24.3 Å². The second-order valence-electron chi connectivity index (χ2n) is 5.55. The molecule has 9 heteroatoms. The van der Waals surface area contributed by atoms with Crippen LogP contribution in [-0.4, -0.2) is 33.4 Å². The smallest absolute Gasteiger partial charge is 0.237 e. The number of thioether (sulfide) groups is 1. The average molecular weight is 468 g/mol. The zero-order chi connectivity index (χ0) is 19.4. The molecule has 0 fully saturated rings. The number of halogens is 2. The highest BCUT2D eigenvalue weighted by molar-refractivity contribution is 9.10. The predicted octanol–water partition coefficient (Wildman–Crippen LogP) is 5.02. The van der Waals surface area contributed by atoms with Crippen molar-refractivity contribution < 1.29 is 9.53 Å². The summed E-state index contributed by atoms with van der Waals surface area (Å²) in [6.07, 6.45) is 0. The second-order valence-corrected chi connectivity index (χ2v) is 8.11. The van der Waals surface area contributed by atoms with Crippen LogP contribution in [0.5, 0.6) is 5.75 Å². The number of carbonyl (C=O) groups excluding carboxylic acids is 1. The number of H-pyrrole nitrogens is 1. The van der Waals surface area contributed by atoms with E-state index < -0.39 is 5.25 Å². The highest BCUT2D eigenvalue weighted by Crippen LogP contribution is 2.29. The lowest BCUT2D eigenvalue weighted by molar-refractivity contribution is -0.115. The third kappa shape index (κ3) is 4.82. The fourth-order valence-electron chi connectivity index (χ4n) is 2.27. The van der Waals surface area contributed by atoms with E-state index in [9.17, 15) is 4.79 Å². The first-order valence-corrected chi connectivity index (χ1v) is 10.0. The molecule has 6 nitrogen and oxygen atoms in total. The molecule has 0 aliphatic carbocycles. The summed E-state index contributed by atoms with van der Waals surface area (Å²) in [4.78, 5) is 16.9. The van der Waals surface area contributed by atoms with Gasteiger partial charge in [0.25, 0.3) is 0 Å². The monoisotopic (exact) mass is 466 g/mol. The normalized spacial score (nSPS) is 11.9. The lowest BCUT2D eigenvalue weighted by atomic mass is 10.2. The number of methoxy groups -OCH3 is 1. The van der Waals surface area contributed by atoms with Crippen LogP contribution in [0.1, 0.15) is 6.92 Å². The van der Waals surface area contributed by atoms with E-state index >= 15 is 0 Å². The van der Waals surface area contributed by atoms with E-state index in [2.05, 4.69) is 36.4 Å². The molecule has 3 aromatic rings. The van der Waals surface area contributed by atoms with Crippen LogP contribution in [0, 0.1) is 0 Å². The predicted molar refractivity (Wildman–Crippen MR) is 111 cm³/mol. The standard InChI is InChI=1S/C18H16BrClN4O2S/c1-10(17(25)21-11-7-8-15(26-2)14(20)9-11)27-18-22-16(23-24-18)12-5-3-4-6-13(12)19/h3-10H,1-2H3,(H,21,25)(H,22,23,24). The third-order valence-electron chi connectivity index (χ3n) is 3.66. The molecule has 0 aliphatic heterocycles. The van der Waals surface area contributed by atoms with Gasteiger partial charge in [0.05, 0.1) is 17.4 Å². The molecule has 1 amide bonds. The molecule has 2 aromatic carbocycles. The van der Waals surface area contributed by atoms with Crippen molar-refractivity contribution in [3.8, 4) is 17.1 Å². The van der Waals surface area contributed by atoms with Crippen LogP contribution in [0.2, 0.25) is 5.02 Å². The minimum atomic E-state index is -0.395. The fourth-order valence-corrected chi connectivity index (χ4v) is 3.73. The number of anilines is 1. The molecule has 0 radical (unpaired) electrons. The summed E-state index contributed by atoms with van der Waals surface area (Å²) in [5, 5.41) is 10.5. The number of nitrogens with one attached hydrogen (secondary N) is 2. The number of benzene rings is 2. The van der Waals surface area contributed by atoms with Gasteiger partial charge < -0.3 is 10.1 Å². The van der Waals surface area contributed by atoms with Gasteiger partial charge in [0.1, 0.15) is 5.75 Å². The fraction of sp³-hybridized carbons (Fsp3) is 0.167. The maximum Gasteiger partial charge on any atom is 0.237 e. The van der Waals surface area contributed by atoms with Crippen molar-refractivity contribution in [3.05, 3.63) is 52.0 Å². The van der Waals surface area contributed by atoms with Crippen molar-refractivity contribution in [2.24, 2.45) is 0 Å². The van der Waals surface area contributed by atoms with E-state index in [4.69, 9.17) is 16.3 Å². The van der Waals surface area contributed by atoms with Crippen LogP contribution >= 0.6 is 39.3 Å². The van der Waals surface area contributed by atoms with Crippen molar-refractivity contribution in [2.75, 3.05) is 12.4 Å². The molecule has 0 bridgehead atoms. The molecule has 140 valence electrons. The number of rotatable bonds is 6. The average Bonchev–Trinajstić information content (AvgIpc) is 3.10. The quantitative estimate of drug-likeness (QED) is 0.498. The van der Waals surface area contributed by atoms with Crippen molar-refractivity contribution in [1.29, 1.82) is 0 Å². The maximum atomic E-state index is 12.4. The Morgan fingerprint density at radius 1 is 1.33 bits per heavy atom. The van der Waals surface area contributed by atoms with Crippen LogP contribution in [0.25, 0.3) is 11.4 Å². The summed E-state index contributed by atoms with van der Waals surface area (Å²) < 4.78 is 6.02. The Labute approximate surface area is 174 Å². The summed E-state index contributed by atoms with van der Waals surface area (Å²) in [5.41, 5.74) is 1.50. The van der Waals surface area contributed by atoms with Gasteiger partial charge in [-0.15, -0.1) is 5.10 Å². The van der Waals surface area contributed by atoms with E-state index in [0.29, 0.717) is 27.4 Å². The molecule has 1 heterocycles. The lowest BCUT2D eigenvalue weighted by Crippen LogP contribution is -2.22. The molecule has 0 saturated carbocycles. The van der Waals surface area contributed by atoms with Gasteiger partial charge in [-0.1, -0.05) is 57.5 Å². The summed E-state index contributed by atoms with van der Waals surface area (Å²) in [6, 6.07) is 12.8. The van der Waals surface area contributed by atoms with E-state index in [0.717, 1.165) is 10.0 Å². The first-order chi connectivity index (χ1) is 13.0. The topological polar surface area (TPSA) is 79.9 Å². The largest absolute Gasteiger partial charge is 0.495 e. The van der Waals surface area contributed by atoms with Crippen molar-refractivity contribution >= 4 is 50.9 Å².